The summed E-state index contributed by atoms with van der Waals surface area (Å²) in [5.41, 5.74) is 0. The van der Waals surface area contributed by atoms with Crippen LogP contribution in [0.2, 0.25) is 0 Å². The summed E-state index contributed by atoms with van der Waals surface area (Å²) < 4.78 is 37.6. The highest BCUT2D eigenvalue weighted by molar-refractivity contribution is 4.99. The van der Waals surface area contributed by atoms with Gasteiger partial charge < -0.3 is 5.32 Å². The topological polar surface area (TPSA) is 39.1 Å². The molecule has 0 aromatic rings. The summed E-state index contributed by atoms with van der Waals surface area (Å²) in [6, 6.07) is 1.51. The summed E-state index contributed by atoms with van der Waals surface area (Å²) in [5, 5.41) is 11.9. The first kappa shape index (κ1) is 12.7. The zero-order valence-electron chi connectivity index (χ0n) is 9.67. The monoisotopic (exact) mass is 247 g/mol. The predicted molar refractivity (Wildman–Crippen MR) is 56.0 cm³/mol. The van der Waals surface area contributed by atoms with Crippen LogP contribution in [0.25, 0.3) is 0 Å². The van der Waals surface area contributed by atoms with Crippen LogP contribution < -0.4 is 5.32 Å². The Bertz CT molecular complexity index is 323. The fraction of sp³-hybridized carbons (Fsp3) is 0.909. The summed E-state index contributed by atoms with van der Waals surface area (Å²) in [7, 11) is 0. The largest absolute Gasteiger partial charge is 0.405 e. The molecule has 2 aliphatic heterocycles. The Morgan fingerprint density at radius 2 is 2.18 bits per heavy atom. The summed E-state index contributed by atoms with van der Waals surface area (Å²) >= 11 is 0. The van der Waals surface area contributed by atoms with Crippen molar-refractivity contribution in [2.75, 3.05) is 26.2 Å². The number of hydrogen-bond acceptors (Lipinski definition) is 3. The Labute approximate surface area is 98.6 Å². The molecule has 6 heteroatoms. The second kappa shape index (κ2) is 4.46. The van der Waals surface area contributed by atoms with E-state index >= 15 is 0 Å². The standard InChI is InChI=1S/C11H16F3N3/c1-7-10-4-16-3-8(10)5-17(7)6-9(2-15)11(12,13)14/h7-10,16H,3-6H2,1H3. The SMILES string of the molecule is CC1C2CNCC2CN1CC(C#N)C(F)(F)F. The van der Waals surface area contributed by atoms with Crippen molar-refractivity contribution >= 4 is 0 Å². The molecular weight excluding hydrogens is 231 g/mol. The minimum Gasteiger partial charge on any atom is -0.316 e. The zero-order chi connectivity index (χ0) is 12.6. The fourth-order valence-electron chi connectivity index (χ4n) is 2.95. The van der Waals surface area contributed by atoms with Gasteiger partial charge in [-0.2, -0.15) is 18.4 Å². The molecule has 0 amide bonds. The lowest BCUT2D eigenvalue weighted by Gasteiger charge is -2.26. The number of hydrogen-bond donors (Lipinski definition) is 1. The number of halogens is 3. The van der Waals surface area contributed by atoms with Crippen molar-refractivity contribution in [2.24, 2.45) is 17.8 Å². The van der Waals surface area contributed by atoms with Gasteiger partial charge in [0.25, 0.3) is 0 Å². The van der Waals surface area contributed by atoms with Gasteiger partial charge in [0, 0.05) is 19.1 Å². The Morgan fingerprint density at radius 1 is 1.47 bits per heavy atom. The third kappa shape index (κ3) is 2.40. The van der Waals surface area contributed by atoms with Crippen LogP contribution in [-0.4, -0.2) is 43.3 Å². The number of nitrogens with one attached hydrogen (secondary N) is 1. The Hall–Kier alpha value is -0.800. The molecule has 1 N–H and O–H groups in total. The highest BCUT2D eigenvalue weighted by Crippen LogP contribution is 2.35. The van der Waals surface area contributed by atoms with Crippen LogP contribution in [0.1, 0.15) is 6.92 Å². The predicted octanol–water partition coefficient (Wildman–Crippen LogP) is 1.23. The molecule has 0 saturated carbocycles. The van der Waals surface area contributed by atoms with Crippen molar-refractivity contribution in [2.45, 2.75) is 19.1 Å². The van der Waals surface area contributed by atoms with Gasteiger partial charge in [0.15, 0.2) is 5.92 Å². The average Bonchev–Trinajstić information content (AvgIpc) is 2.77. The first-order valence-corrected chi connectivity index (χ1v) is 5.84. The molecule has 0 aliphatic carbocycles. The lowest BCUT2D eigenvalue weighted by molar-refractivity contribution is -0.163. The molecule has 4 unspecified atom stereocenters. The molecule has 0 aromatic carbocycles. The summed E-state index contributed by atoms with van der Waals surface area (Å²) in [5.74, 6) is -0.989. The quantitative estimate of drug-likeness (QED) is 0.797. The van der Waals surface area contributed by atoms with Gasteiger partial charge in [-0.25, -0.2) is 0 Å². The molecule has 2 aliphatic rings. The molecule has 2 fully saturated rings. The zero-order valence-corrected chi connectivity index (χ0v) is 9.67. The van der Waals surface area contributed by atoms with E-state index in [0.717, 1.165) is 13.1 Å². The lowest BCUT2D eigenvalue weighted by Crippen LogP contribution is -2.40. The first-order chi connectivity index (χ1) is 7.93. The Morgan fingerprint density at radius 3 is 2.71 bits per heavy atom. The highest BCUT2D eigenvalue weighted by Gasteiger charge is 2.46. The fourth-order valence-corrected chi connectivity index (χ4v) is 2.95. The van der Waals surface area contributed by atoms with Crippen LogP contribution >= 0.6 is 0 Å². The maximum Gasteiger partial charge on any atom is 0.405 e. The summed E-state index contributed by atoms with van der Waals surface area (Å²) in [4.78, 5) is 1.82. The first-order valence-electron chi connectivity index (χ1n) is 5.84. The van der Waals surface area contributed by atoms with Crippen LogP contribution in [0.15, 0.2) is 0 Å². The third-order valence-electron chi connectivity index (χ3n) is 4.02. The van der Waals surface area contributed by atoms with Crippen molar-refractivity contribution in [1.29, 1.82) is 5.26 Å². The van der Waals surface area contributed by atoms with Crippen LogP contribution in [0.4, 0.5) is 13.2 Å². The minimum atomic E-state index is -4.41. The molecule has 96 valence electrons. The van der Waals surface area contributed by atoms with Crippen molar-refractivity contribution in [3.05, 3.63) is 0 Å². The van der Waals surface area contributed by atoms with Crippen LogP contribution in [-0.2, 0) is 0 Å². The number of likely N-dealkylation sites (tertiary alicyclic amines) is 1. The van der Waals surface area contributed by atoms with Crippen molar-refractivity contribution in [3.63, 3.8) is 0 Å². The summed E-state index contributed by atoms with van der Waals surface area (Å²) in [6.45, 7) is 4.21. The van der Waals surface area contributed by atoms with E-state index in [1.54, 1.807) is 0 Å². The third-order valence-corrected chi connectivity index (χ3v) is 4.02. The van der Waals surface area contributed by atoms with Gasteiger partial charge in [-0.05, 0) is 31.8 Å². The molecule has 0 radical (unpaired) electrons. The molecule has 0 spiro atoms. The molecule has 2 rings (SSSR count). The van der Waals surface area contributed by atoms with E-state index in [0.29, 0.717) is 18.4 Å². The Kier molecular flexibility index (Phi) is 3.32. The number of alkyl halides is 3. The van der Waals surface area contributed by atoms with E-state index in [1.807, 2.05) is 11.8 Å². The van der Waals surface area contributed by atoms with Gasteiger partial charge in [-0.3, -0.25) is 4.90 Å². The molecule has 2 saturated heterocycles. The van der Waals surface area contributed by atoms with Gasteiger partial charge in [0.1, 0.15) is 0 Å². The van der Waals surface area contributed by atoms with Gasteiger partial charge >= 0.3 is 6.18 Å². The molecule has 0 aromatic heterocycles. The molecular formula is C11H16F3N3. The van der Waals surface area contributed by atoms with Gasteiger partial charge in [0.05, 0.1) is 6.07 Å². The van der Waals surface area contributed by atoms with Gasteiger partial charge in [-0.1, -0.05) is 0 Å². The smallest absolute Gasteiger partial charge is 0.316 e. The van der Waals surface area contributed by atoms with Crippen molar-refractivity contribution in [1.82, 2.24) is 10.2 Å². The molecule has 3 nitrogen and oxygen atoms in total. The summed E-state index contributed by atoms with van der Waals surface area (Å²) in [6.07, 6.45) is -4.41. The lowest BCUT2D eigenvalue weighted by atomic mass is 9.95. The molecule has 17 heavy (non-hydrogen) atoms. The van der Waals surface area contributed by atoms with Crippen molar-refractivity contribution in [3.8, 4) is 6.07 Å². The normalized spacial score (nSPS) is 35.6. The van der Waals surface area contributed by atoms with Gasteiger partial charge in [-0.15, -0.1) is 0 Å². The van der Waals surface area contributed by atoms with E-state index in [4.69, 9.17) is 5.26 Å². The minimum absolute atomic E-state index is 0.133. The van der Waals surface area contributed by atoms with Crippen molar-refractivity contribution < 1.29 is 13.2 Å². The van der Waals surface area contributed by atoms with E-state index in [9.17, 15) is 13.2 Å². The van der Waals surface area contributed by atoms with Crippen LogP contribution in [0.5, 0.6) is 0 Å². The number of rotatable bonds is 2. The van der Waals surface area contributed by atoms with Gasteiger partial charge in [0.2, 0.25) is 0 Å². The average molecular weight is 247 g/mol. The number of nitriles is 1. The Balaban J connectivity index is 1.99. The van der Waals surface area contributed by atoms with E-state index in [-0.39, 0.29) is 12.6 Å². The molecule has 4 atom stereocenters. The second-order valence-corrected chi connectivity index (χ2v) is 5.00. The second-order valence-electron chi connectivity index (χ2n) is 5.00. The maximum absolute atomic E-state index is 12.5. The van der Waals surface area contributed by atoms with Crippen LogP contribution in [0, 0.1) is 29.1 Å². The van der Waals surface area contributed by atoms with E-state index in [2.05, 4.69) is 5.32 Å². The van der Waals surface area contributed by atoms with E-state index < -0.39 is 12.1 Å². The van der Waals surface area contributed by atoms with E-state index in [1.165, 1.54) is 6.07 Å². The number of fused-ring (bicyclic) bond motifs is 1. The molecule has 0 bridgehead atoms. The number of nitrogens with zero attached hydrogens (tertiary/aromatic N) is 2. The highest BCUT2D eigenvalue weighted by atomic mass is 19.4. The van der Waals surface area contributed by atoms with Crippen LogP contribution in [0.3, 0.4) is 0 Å². The maximum atomic E-state index is 12.5. The molecule has 2 heterocycles.